The quantitative estimate of drug-likeness (QED) is 0.912. The summed E-state index contributed by atoms with van der Waals surface area (Å²) in [6.45, 7) is 4.14. The highest BCUT2D eigenvalue weighted by Gasteiger charge is 2.22. The number of nitrogens with zero attached hydrogens (tertiary/aromatic N) is 2. The van der Waals surface area contributed by atoms with E-state index < -0.39 is 11.6 Å². The van der Waals surface area contributed by atoms with Crippen molar-refractivity contribution in [2.24, 2.45) is 0 Å². The Balaban J connectivity index is 1.59. The molecule has 1 N–H and O–H groups in total. The highest BCUT2D eigenvalue weighted by Crippen LogP contribution is 2.20. The number of hydrogen-bond acceptors (Lipinski definition) is 2. The number of aryl methyl sites for hydroxylation is 1. The molecule has 1 saturated heterocycles. The lowest BCUT2D eigenvalue weighted by Crippen LogP contribution is -2.50. The highest BCUT2D eigenvalue weighted by atomic mass is 19.2. The van der Waals surface area contributed by atoms with Gasteiger partial charge < -0.3 is 15.1 Å². The van der Waals surface area contributed by atoms with Crippen molar-refractivity contribution in [2.45, 2.75) is 6.92 Å². The molecule has 1 aliphatic heterocycles. The summed E-state index contributed by atoms with van der Waals surface area (Å²) in [6, 6.07) is 11.3. The molecule has 6 heteroatoms. The summed E-state index contributed by atoms with van der Waals surface area (Å²) in [5, 5.41) is 2.91. The summed E-state index contributed by atoms with van der Waals surface area (Å²) in [6.07, 6.45) is 0. The number of hydrogen-bond donors (Lipinski definition) is 1. The number of halogens is 2. The minimum absolute atomic E-state index is 0.144. The Morgan fingerprint density at radius 3 is 2.38 bits per heavy atom. The van der Waals surface area contributed by atoms with Gasteiger partial charge in [0.25, 0.3) is 0 Å². The first-order chi connectivity index (χ1) is 11.5. The van der Waals surface area contributed by atoms with Gasteiger partial charge in [0, 0.05) is 43.6 Å². The molecule has 0 aliphatic carbocycles. The van der Waals surface area contributed by atoms with E-state index in [2.05, 4.69) is 5.32 Å². The van der Waals surface area contributed by atoms with Gasteiger partial charge in [0.2, 0.25) is 0 Å². The molecule has 1 aliphatic rings. The molecule has 126 valence electrons. The largest absolute Gasteiger partial charge is 0.368 e. The number of benzene rings is 2. The van der Waals surface area contributed by atoms with Gasteiger partial charge in [0.1, 0.15) is 0 Å². The van der Waals surface area contributed by atoms with Gasteiger partial charge in [-0.3, -0.25) is 0 Å². The molecule has 4 nitrogen and oxygen atoms in total. The molecule has 0 unspecified atom stereocenters. The molecule has 1 fully saturated rings. The molecular weight excluding hydrogens is 312 g/mol. The fourth-order valence-corrected chi connectivity index (χ4v) is 2.76. The molecule has 0 radical (unpaired) electrons. The van der Waals surface area contributed by atoms with Crippen LogP contribution < -0.4 is 10.2 Å². The second-order valence-corrected chi connectivity index (χ2v) is 5.82. The Morgan fingerprint density at radius 1 is 1.00 bits per heavy atom. The summed E-state index contributed by atoms with van der Waals surface area (Å²) in [4.78, 5) is 16.0. The van der Waals surface area contributed by atoms with Gasteiger partial charge in [0.05, 0.1) is 0 Å². The number of amides is 2. The maximum atomic E-state index is 13.3. The van der Waals surface area contributed by atoms with Gasteiger partial charge in [-0.2, -0.15) is 0 Å². The lowest BCUT2D eigenvalue weighted by molar-refractivity contribution is 0.208. The summed E-state index contributed by atoms with van der Waals surface area (Å²) in [7, 11) is 0. The van der Waals surface area contributed by atoms with E-state index >= 15 is 0 Å². The van der Waals surface area contributed by atoms with E-state index in [9.17, 15) is 13.6 Å². The van der Waals surface area contributed by atoms with Crippen LogP contribution >= 0.6 is 0 Å². The average Bonchev–Trinajstić information content (AvgIpc) is 2.59. The second-order valence-electron chi connectivity index (χ2n) is 5.82. The van der Waals surface area contributed by atoms with Crippen molar-refractivity contribution in [3.05, 3.63) is 59.7 Å². The second kappa shape index (κ2) is 6.86. The Bertz CT molecular complexity index is 743. The molecular formula is C18H19F2N3O. The van der Waals surface area contributed by atoms with Crippen molar-refractivity contribution in [3.8, 4) is 0 Å². The van der Waals surface area contributed by atoms with Crippen LogP contribution in [0.1, 0.15) is 5.56 Å². The fourth-order valence-electron chi connectivity index (χ4n) is 2.76. The zero-order valence-corrected chi connectivity index (χ0v) is 13.4. The summed E-state index contributed by atoms with van der Waals surface area (Å²) >= 11 is 0. The van der Waals surface area contributed by atoms with Gasteiger partial charge in [0.15, 0.2) is 11.6 Å². The van der Waals surface area contributed by atoms with Crippen LogP contribution in [0, 0.1) is 18.6 Å². The summed E-state index contributed by atoms with van der Waals surface area (Å²) < 4.78 is 26.4. The molecule has 0 aromatic heterocycles. The molecule has 2 amide bonds. The minimum Gasteiger partial charge on any atom is -0.368 e. The first-order valence-corrected chi connectivity index (χ1v) is 7.86. The van der Waals surface area contributed by atoms with E-state index in [1.54, 1.807) is 11.0 Å². The van der Waals surface area contributed by atoms with Crippen molar-refractivity contribution >= 4 is 17.4 Å². The molecule has 24 heavy (non-hydrogen) atoms. The Kier molecular flexibility index (Phi) is 4.64. The van der Waals surface area contributed by atoms with Crippen LogP contribution in [-0.4, -0.2) is 37.1 Å². The predicted molar refractivity (Wildman–Crippen MR) is 90.3 cm³/mol. The monoisotopic (exact) mass is 331 g/mol. The molecule has 1 heterocycles. The third kappa shape index (κ3) is 3.48. The van der Waals surface area contributed by atoms with Gasteiger partial charge in [-0.25, -0.2) is 13.6 Å². The zero-order chi connectivity index (χ0) is 17.1. The number of rotatable bonds is 2. The van der Waals surface area contributed by atoms with Crippen molar-refractivity contribution in [2.75, 3.05) is 36.4 Å². The molecule has 0 spiro atoms. The number of anilines is 2. The van der Waals surface area contributed by atoms with Crippen LogP contribution in [0.5, 0.6) is 0 Å². The molecule has 0 atom stereocenters. The SMILES string of the molecule is Cc1ccccc1NC(=O)N1CCN(c2ccc(F)c(F)c2)CC1. The number of urea groups is 1. The van der Waals surface area contributed by atoms with Crippen LogP contribution in [0.4, 0.5) is 25.0 Å². The van der Waals surface area contributed by atoms with Crippen molar-refractivity contribution < 1.29 is 13.6 Å². The normalized spacial score (nSPS) is 14.6. The first kappa shape index (κ1) is 16.2. The van der Waals surface area contributed by atoms with Crippen LogP contribution in [0.15, 0.2) is 42.5 Å². The van der Waals surface area contributed by atoms with E-state index in [4.69, 9.17) is 0 Å². The summed E-state index contributed by atoms with van der Waals surface area (Å²) in [5.74, 6) is -1.71. The number of piperazine rings is 1. The van der Waals surface area contributed by atoms with E-state index in [1.165, 1.54) is 6.07 Å². The summed E-state index contributed by atoms with van der Waals surface area (Å²) in [5.41, 5.74) is 2.43. The predicted octanol–water partition coefficient (Wildman–Crippen LogP) is 3.63. The van der Waals surface area contributed by atoms with Crippen molar-refractivity contribution in [1.29, 1.82) is 0 Å². The van der Waals surface area contributed by atoms with Crippen LogP contribution in [0.25, 0.3) is 0 Å². The van der Waals surface area contributed by atoms with E-state index in [0.29, 0.717) is 31.9 Å². The van der Waals surface area contributed by atoms with E-state index in [1.807, 2.05) is 36.1 Å². The molecule has 0 bridgehead atoms. The first-order valence-electron chi connectivity index (χ1n) is 7.86. The van der Waals surface area contributed by atoms with Gasteiger partial charge in [-0.05, 0) is 30.7 Å². The smallest absolute Gasteiger partial charge is 0.321 e. The van der Waals surface area contributed by atoms with E-state index in [-0.39, 0.29) is 6.03 Å². The standard InChI is InChI=1S/C18H19F2N3O/c1-13-4-2-3-5-17(13)21-18(24)23-10-8-22(9-11-23)14-6-7-15(19)16(20)12-14/h2-7,12H,8-11H2,1H3,(H,21,24). The van der Waals surface area contributed by atoms with Gasteiger partial charge in [-0.15, -0.1) is 0 Å². The van der Waals surface area contributed by atoms with Crippen LogP contribution in [0.2, 0.25) is 0 Å². The van der Waals surface area contributed by atoms with Crippen molar-refractivity contribution in [1.82, 2.24) is 4.90 Å². The molecule has 2 aromatic carbocycles. The van der Waals surface area contributed by atoms with Crippen LogP contribution in [-0.2, 0) is 0 Å². The topological polar surface area (TPSA) is 35.6 Å². The van der Waals surface area contributed by atoms with Crippen molar-refractivity contribution in [3.63, 3.8) is 0 Å². The Hall–Kier alpha value is -2.63. The Morgan fingerprint density at radius 2 is 1.71 bits per heavy atom. The average molecular weight is 331 g/mol. The Labute approximate surface area is 139 Å². The maximum Gasteiger partial charge on any atom is 0.321 e. The molecule has 2 aromatic rings. The third-order valence-corrected chi connectivity index (χ3v) is 4.22. The van der Waals surface area contributed by atoms with E-state index in [0.717, 1.165) is 17.3 Å². The molecule has 0 saturated carbocycles. The molecule has 3 rings (SSSR count). The number of carbonyl (C=O) groups is 1. The minimum atomic E-state index is -0.854. The maximum absolute atomic E-state index is 13.3. The number of carbonyl (C=O) groups excluding carboxylic acids is 1. The number of para-hydroxylation sites is 1. The van der Waals surface area contributed by atoms with Gasteiger partial charge >= 0.3 is 6.03 Å². The highest BCUT2D eigenvalue weighted by molar-refractivity contribution is 5.90. The zero-order valence-electron chi connectivity index (χ0n) is 13.4. The van der Waals surface area contributed by atoms with Gasteiger partial charge in [-0.1, -0.05) is 18.2 Å². The third-order valence-electron chi connectivity index (χ3n) is 4.22. The lowest BCUT2D eigenvalue weighted by Gasteiger charge is -2.36. The fraction of sp³-hybridized carbons (Fsp3) is 0.278. The van der Waals surface area contributed by atoms with Crippen LogP contribution in [0.3, 0.4) is 0 Å². The lowest BCUT2D eigenvalue weighted by atomic mass is 10.2. The number of nitrogens with one attached hydrogen (secondary N) is 1.